The van der Waals surface area contributed by atoms with E-state index in [9.17, 15) is 9.59 Å². The lowest BCUT2D eigenvalue weighted by atomic mass is 9.98. The predicted octanol–water partition coefficient (Wildman–Crippen LogP) is 3.44. The van der Waals surface area contributed by atoms with E-state index in [0.717, 1.165) is 38.7 Å². The summed E-state index contributed by atoms with van der Waals surface area (Å²) in [6.07, 6.45) is 2.22. The van der Waals surface area contributed by atoms with Crippen molar-refractivity contribution in [1.29, 1.82) is 0 Å². The Kier molecular flexibility index (Phi) is 7.43. The van der Waals surface area contributed by atoms with Crippen molar-refractivity contribution in [2.45, 2.75) is 38.4 Å². The van der Waals surface area contributed by atoms with E-state index in [0.29, 0.717) is 18.8 Å². The Morgan fingerprint density at radius 2 is 1.70 bits per heavy atom. The predicted molar refractivity (Wildman–Crippen MR) is 154 cm³/mol. The highest BCUT2D eigenvalue weighted by atomic mass is 16.2. The molecule has 0 fully saturated rings. The Hall–Kier alpha value is -4.83. The molecule has 2 heterocycles. The fourth-order valence-electron chi connectivity index (χ4n) is 4.68. The minimum atomic E-state index is -1.12. The number of hydrogen-bond acceptors (Lipinski definition) is 6. The number of nitrogens with two attached hydrogens (primary N) is 1. The van der Waals surface area contributed by atoms with E-state index in [1.807, 2.05) is 79.0 Å². The zero-order valence-electron chi connectivity index (χ0n) is 22.7. The number of amides is 2. The number of likely N-dealkylation sites (N-methyl/N-ethyl adjacent to an activating group) is 1. The SMILES string of the molecule is CN(Cc1ccc(-c2ccccc2-c2nn[nH]n2)cc1)C(=O)[C@@H](Cc1c[nH]c2ccccc12)NC(=O)C(C)(C)N. The number of carbonyl (C=O) groups excluding carboxylic acids is 2. The number of benzene rings is 3. The number of para-hydroxylation sites is 1. The fraction of sp³-hybridized carbons (Fsp3) is 0.233. The molecule has 0 saturated heterocycles. The van der Waals surface area contributed by atoms with Gasteiger partial charge in [-0.2, -0.15) is 5.21 Å². The number of tetrazole rings is 1. The van der Waals surface area contributed by atoms with E-state index in [1.165, 1.54) is 0 Å². The third-order valence-corrected chi connectivity index (χ3v) is 6.86. The van der Waals surface area contributed by atoms with Gasteiger partial charge in [-0.3, -0.25) is 9.59 Å². The van der Waals surface area contributed by atoms with E-state index in [1.54, 1.807) is 25.8 Å². The van der Waals surface area contributed by atoms with E-state index >= 15 is 0 Å². The molecule has 40 heavy (non-hydrogen) atoms. The normalized spacial score (nSPS) is 12.3. The molecule has 1 atom stereocenters. The molecular formula is C30H32N8O2. The van der Waals surface area contributed by atoms with Gasteiger partial charge in [0.2, 0.25) is 17.6 Å². The molecule has 5 rings (SSSR count). The van der Waals surface area contributed by atoms with Crippen LogP contribution < -0.4 is 11.1 Å². The van der Waals surface area contributed by atoms with Gasteiger partial charge in [0.25, 0.3) is 0 Å². The van der Waals surface area contributed by atoms with Crippen molar-refractivity contribution < 1.29 is 9.59 Å². The minimum absolute atomic E-state index is 0.200. The molecule has 5 aromatic rings. The van der Waals surface area contributed by atoms with Crippen LogP contribution in [0.5, 0.6) is 0 Å². The van der Waals surface area contributed by atoms with Crippen molar-refractivity contribution in [3.05, 3.63) is 90.1 Å². The van der Waals surface area contributed by atoms with Crippen LogP contribution in [0.1, 0.15) is 25.0 Å². The Morgan fingerprint density at radius 1 is 1.00 bits per heavy atom. The van der Waals surface area contributed by atoms with Crippen molar-refractivity contribution >= 4 is 22.7 Å². The molecule has 0 spiro atoms. The third-order valence-electron chi connectivity index (χ3n) is 6.86. The Morgan fingerprint density at radius 3 is 2.40 bits per heavy atom. The monoisotopic (exact) mass is 536 g/mol. The molecule has 0 unspecified atom stereocenters. The van der Waals surface area contributed by atoms with Crippen LogP contribution in [0.25, 0.3) is 33.4 Å². The molecule has 2 amide bonds. The van der Waals surface area contributed by atoms with Gasteiger partial charge in [-0.25, -0.2) is 0 Å². The molecular weight excluding hydrogens is 504 g/mol. The van der Waals surface area contributed by atoms with Crippen LogP contribution in [-0.2, 0) is 22.6 Å². The molecule has 10 nitrogen and oxygen atoms in total. The molecule has 0 aliphatic carbocycles. The highest BCUT2D eigenvalue weighted by molar-refractivity contribution is 5.92. The van der Waals surface area contributed by atoms with Gasteiger partial charge in [-0.05, 0) is 47.4 Å². The van der Waals surface area contributed by atoms with Gasteiger partial charge >= 0.3 is 0 Å². The first-order chi connectivity index (χ1) is 19.2. The first kappa shape index (κ1) is 26.8. The topological polar surface area (TPSA) is 146 Å². The number of hydrogen-bond donors (Lipinski definition) is 4. The van der Waals surface area contributed by atoms with Crippen molar-refractivity contribution in [3.63, 3.8) is 0 Å². The summed E-state index contributed by atoms with van der Waals surface area (Å²) in [4.78, 5) is 31.4. The highest BCUT2D eigenvalue weighted by Crippen LogP contribution is 2.30. The van der Waals surface area contributed by atoms with Crippen LogP contribution in [0.2, 0.25) is 0 Å². The fourth-order valence-corrected chi connectivity index (χ4v) is 4.68. The molecule has 0 saturated carbocycles. The summed E-state index contributed by atoms with van der Waals surface area (Å²) >= 11 is 0. The number of fused-ring (bicyclic) bond motifs is 1. The maximum absolute atomic E-state index is 13.7. The summed E-state index contributed by atoms with van der Waals surface area (Å²) in [5, 5.41) is 18.3. The molecule has 204 valence electrons. The zero-order valence-corrected chi connectivity index (χ0v) is 22.7. The molecule has 5 N–H and O–H groups in total. The second kappa shape index (κ2) is 11.1. The summed E-state index contributed by atoms with van der Waals surface area (Å²) in [7, 11) is 1.74. The van der Waals surface area contributed by atoms with Crippen molar-refractivity contribution in [3.8, 4) is 22.5 Å². The van der Waals surface area contributed by atoms with Crippen molar-refractivity contribution in [2.24, 2.45) is 5.73 Å². The average Bonchev–Trinajstić information content (AvgIpc) is 3.63. The van der Waals surface area contributed by atoms with Crippen LogP contribution in [0.4, 0.5) is 0 Å². The Labute approximate surface area is 232 Å². The van der Waals surface area contributed by atoms with Gasteiger partial charge in [-0.15, -0.1) is 10.2 Å². The molecule has 2 aromatic heterocycles. The summed E-state index contributed by atoms with van der Waals surface area (Å²) < 4.78 is 0. The second-order valence-electron chi connectivity index (χ2n) is 10.5. The van der Waals surface area contributed by atoms with Crippen LogP contribution in [0.15, 0.2) is 79.0 Å². The summed E-state index contributed by atoms with van der Waals surface area (Å²) in [6, 6.07) is 23.0. The average molecular weight is 537 g/mol. The number of rotatable bonds is 9. The van der Waals surface area contributed by atoms with Crippen LogP contribution in [0.3, 0.4) is 0 Å². The van der Waals surface area contributed by atoms with Gasteiger partial charge < -0.3 is 20.9 Å². The van der Waals surface area contributed by atoms with Crippen molar-refractivity contribution in [2.75, 3.05) is 7.05 Å². The first-order valence-electron chi connectivity index (χ1n) is 13.0. The first-order valence-corrected chi connectivity index (χ1v) is 13.0. The van der Waals surface area contributed by atoms with Gasteiger partial charge in [-0.1, -0.05) is 66.7 Å². The standard InChI is InChI=1S/C30H32N8O2/c1-30(2,31)29(40)33-26(16-21-17-32-25-11-7-6-9-23(21)25)28(39)38(3)18-19-12-14-20(15-13-19)22-8-4-5-10-24(22)27-34-36-37-35-27/h4-15,17,26,32H,16,18,31H2,1-3H3,(H,33,40)(H,34,35,36,37)/t26-/m1/s1. The maximum Gasteiger partial charge on any atom is 0.245 e. The lowest BCUT2D eigenvalue weighted by Gasteiger charge is -2.27. The summed E-state index contributed by atoms with van der Waals surface area (Å²) in [6.45, 7) is 3.62. The number of nitrogens with one attached hydrogen (secondary N) is 3. The lowest BCUT2D eigenvalue weighted by molar-refractivity contribution is -0.136. The van der Waals surface area contributed by atoms with Crippen LogP contribution in [0, 0.1) is 0 Å². The lowest BCUT2D eigenvalue weighted by Crippen LogP contribution is -2.56. The second-order valence-corrected chi connectivity index (χ2v) is 10.5. The van der Waals surface area contributed by atoms with E-state index in [2.05, 4.69) is 30.9 Å². The molecule has 0 aliphatic heterocycles. The van der Waals surface area contributed by atoms with Crippen LogP contribution in [-0.4, -0.2) is 61.0 Å². The maximum atomic E-state index is 13.7. The third kappa shape index (κ3) is 5.76. The number of nitrogens with zero attached hydrogens (tertiary/aromatic N) is 4. The molecule has 0 bridgehead atoms. The Bertz CT molecular complexity index is 1620. The number of aromatic amines is 2. The van der Waals surface area contributed by atoms with Crippen LogP contribution >= 0.6 is 0 Å². The highest BCUT2D eigenvalue weighted by Gasteiger charge is 2.30. The molecule has 3 aromatic carbocycles. The van der Waals surface area contributed by atoms with Crippen molar-refractivity contribution in [1.82, 2.24) is 35.8 Å². The minimum Gasteiger partial charge on any atom is -0.361 e. The van der Waals surface area contributed by atoms with E-state index in [-0.39, 0.29) is 11.8 Å². The number of carbonyl (C=O) groups is 2. The van der Waals surface area contributed by atoms with E-state index in [4.69, 9.17) is 5.73 Å². The smallest absolute Gasteiger partial charge is 0.245 e. The summed E-state index contributed by atoms with van der Waals surface area (Å²) in [5.74, 6) is -0.0629. The van der Waals surface area contributed by atoms with Gasteiger partial charge in [0.05, 0.1) is 5.54 Å². The zero-order chi connectivity index (χ0) is 28.3. The van der Waals surface area contributed by atoms with Gasteiger partial charge in [0, 0.05) is 42.7 Å². The molecule has 10 heteroatoms. The van der Waals surface area contributed by atoms with Gasteiger partial charge in [0.15, 0.2) is 0 Å². The largest absolute Gasteiger partial charge is 0.361 e. The summed E-state index contributed by atoms with van der Waals surface area (Å²) in [5.41, 5.74) is 10.6. The van der Waals surface area contributed by atoms with E-state index < -0.39 is 11.6 Å². The Balaban J connectivity index is 1.34. The quantitative estimate of drug-likeness (QED) is 0.227. The molecule has 0 radical (unpaired) electrons. The molecule has 0 aliphatic rings. The van der Waals surface area contributed by atoms with Gasteiger partial charge in [0.1, 0.15) is 6.04 Å². The number of aromatic nitrogens is 5. The number of H-pyrrole nitrogens is 2.